The van der Waals surface area contributed by atoms with E-state index in [9.17, 15) is 19.2 Å². The standard InChI is InChI=1S/C27H24O8Se2/c28-20(4-8-26(30)31)24-14-16-12-18(2-6-22(16)36-24)34-10-1-11-35-19-3-7-23-17(13-19)15-25(37-23)21(29)5-9-27(32)33/h2-3,6-7,12-15H,1,4-5,8-11H2,(H,30,31)(H,32,33). The molecule has 2 heterocycles. The van der Waals surface area contributed by atoms with Crippen LogP contribution in [0.4, 0.5) is 0 Å². The molecule has 0 bridgehead atoms. The molecule has 4 rings (SSSR count). The van der Waals surface area contributed by atoms with Gasteiger partial charge >= 0.3 is 225 Å². The van der Waals surface area contributed by atoms with Crippen molar-refractivity contribution in [2.45, 2.75) is 32.1 Å². The molecular weight excluding hydrogens is 610 g/mol. The first-order chi connectivity index (χ1) is 17.8. The van der Waals surface area contributed by atoms with E-state index in [4.69, 9.17) is 19.7 Å². The van der Waals surface area contributed by atoms with Crippen LogP contribution in [0, 0.1) is 0 Å². The minimum atomic E-state index is -0.971. The SMILES string of the molecule is O=C(O)CCC(=O)c1cc2cc(OCCCOc3ccc4[se]c(C(=O)CCC(=O)O)cc4c3)ccc2[se]1. The number of ether oxygens (including phenoxy) is 2. The molecule has 0 spiro atoms. The second-order valence-electron chi connectivity index (χ2n) is 8.30. The van der Waals surface area contributed by atoms with Crippen molar-refractivity contribution in [2.24, 2.45) is 0 Å². The Morgan fingerprint density at radius 2 is 1.05 bits per heavy atom. The van der Waals surface area contributed by atoms with Crippen molar-refractivity contribution in [3.63, 3.8) is 0 Å². The van der Waals surface area contributed by atoms with Gasteiger partial charge in [0.2, 0.25) is 0 Å². The van der Waals surface area contributed by atoms with Crippen LogP contribution in [0.1, 0.15) is 50.6 Å². The van der Waals surface area contributed by atoms with Gasteiger partial charge in [0.1, 0.15) is 0 Å². The first kappa shape index (κ1) is 26.9. The molecule has 4 aromatic rings. The van der Waals surface area contributed by atoms with Gasteiger partial charge in [-0.2, -0.15) is 0 Å². The van der Waals surface area contributed by atoms with E-state index in [1.807, 2.05) is 48.5 Å². The first-order valence-corrected chi connectivity index (χ1v) is 15.0. The summed E-state index contributed by atoms with van der Waals surface area (Å²) in [5.74, 6) is -0.753. The number of aliphatic carboxylic acids is 2. The predicted octanol–water partition coefficient (Wildman–Crippen LogP) is 4.05. The molecule has 0 aliphatic rings. The molecular formula is C27H24O8Se2. The molecule has 0 fully saturated rings. The van der Waals surface area contributed by atoms with Crippen molar-refractivity contribution in [2.75, 3.05) is 13.2 Å². The molecule has 0 aliphatic carbocycles. The maximum atomic E-state index is 12.2. The molecule has 0 aliphatic heterocycles. The molecule has 0 amide bonds. The normalized spacial score (nSPS) is 11.0. The van der Waals surface area contributed by atoms with Crippen LogP contribution >= 0.6 is 0 Å². The Labute approximate surface area is 224 Å². The molecule has 192 valence electrons. The van der Waals surface area contributed by atoms with Crippen LogP contribution < -0.4 is 9.47 Å². The third-order valence-electron chi connectivity index (χ3n) is 5.48. The van der Waals surface area contributed by atoms with Crippen LogP contribution in [0.25, 0.3) is 19.3 Å². The van der Waals surface area contributed by atoms with Crippen LogP contribution in [-0.2, 0) is 9.59 Å². The number of hydrogen-bond donors (Lipinski definition) is 2. The van der Waals surface area contributed by atoms with Crippen molar-refractivity contribution in [1.29, 1.82) is 0 Å². The second kappa shape index (κ2) is 12.4. The van der Waals surface area contributed by atoms with Gasteiger partial charge in [-0.15, -0.1) is 0 Å². The van der Waals surface area contributed by atoms with E-state index in [1.165, 1.54) is 0 Å². The van der Waals surface area contributed by atoms with E-state index in [0.717, 1.165) is 19.3 Å². The average Bonchev–Trinajstić information content (AvgIpc) is 3.49. The Bertz CT molecular complexity index is 1360. The van der Waals surface area contributed by atoms with Gasteiger partial charge in [-0.3, -0.25) is 0 Å². The minimum absolute atomic E-state index is 0.0215. The molecule has 2 aromatic carbocycles. The van der Waals surface area contributed by atoms with E-state index >= 15 is 0 Å². The number of rotatable bonds is 14. The molecule has 0 unspecified atom stereocenters. The Hall–Kier alpha value is -3.16. The zero-order chi connectivity index (χ0) is 26.4. The Morgan fingerprint density at radius 1 is 0.622 bits per heavy atom. The summed E-state index contributed by atoms with van der Waals surface area (Å²) < 4.78 is 15.2. The Morgan fingerprint density at radius 3 is 1.46 bits per heavy atom. The fourth-order valence-corrected chi connectivity index (χ4v) is 7.86. The third kappa shape index (κ3) is 7.43. The number of Topliss-reactive ketones (excluding diaryl/α,β-unsaturated/α-hetero) is 2. The second-order valence-corrected chi connectivity index (χ2v) is 12.9. The molecule has 0 radical (unpaired) electrons. The molecule has 0 saturated heterocycles. The summed E-state index contributed by atoms with van der Waals surface area (Å²) >= 11 is -0.230. The van der Waals surface area contributed by atoms with Gasteiger partial charge in [0.15, 0.2) is 0 Å². The maximum absolute atomic E-state index is 12.2. The number of carbonyl (C=O) groups excluding carboxylic acids is 2. The number of hydrogen-bond acceptors (Lipinski definition) is 6. The van der Waals surface area contributed by atoms with E-state index in [-0.39, 0.29) is 66.3 Å². The Kier molecular flexibility index (Phi) is 9.00. The molecule has 0 saturated carbocycles. The number of carboxylic acids is 2. The van der Waals surface area contributed by atoms with Crippen molar-refractivity contribution in [1.82, 2.24) is 0 Å². The van der Waals surface area contributed by atoms with Gasteiger partial charge in [-0.25, -0.2) is 0 Å². The molecule has 37 heavy (non-hydrogen) atoms. The quantitative estimate of drug-likeness (QED) is 0.121. The molecule has 8 nitrogen and oxygen atoms in total. The summed E-state index contributed by atoms with van der Waals surface area (Å²) in [4.78, 5) is 45.9. The molecule has 2 N–H and O–H groups in total. The van der Waals surface area contributed by atoms with Crippen molar-refractivity contribution < 1.29 is 38.9 Å². The predicted molar refractivity (Wildman–Crippen MR) is 140 cm³/mol. The summed E-state index contributed by atoms with van der Waals surface area (Å²) in [6, 6.07) is 15.1. The van der Waals surface area contributed by atoms with E-state index in [0.29, 0.717) is 40.0 Å². The van der Waals surface area contributed by atoms with Gasteiger partial charge in [0.05, 0.1) is 0 Å². The fraction of sp³-hybridized carbons (Fsp3) is 0.259. The fourth-order valence-electron chi connectivity index (χ4n) is 3.62. The summed E-state index contributed by atoms with van der Waals surface area (Å²) in [6.07, 6.45) is 0.390. The number of carboxylic acid groups (broad SMARTS) is 2. The van der Waals surface area contributed by atoms with E-state index in [2.05, 4.69) is 0 Å². The van der Waals surface area contributed by atoms with Crippen LogP contribution in [-0.4, -0.2) is 75.9 Å². The summed E-state index contributed by atoms with van der Waals surface area (Å²) in [5.41, 5.74) is 0. The van der Waals surface area contributed by atoms with E-state index in [1.54, 1.807) is 0 Å². The Balaban J connectivity index is 1.25. The summed E-state index contributed by atoms with van der Waals surface area (Å²) in [7, 11) is 0. The number of ketones is 2. The summed E-state index contributed by atoms with van der Waals surface area (Å²) in [5, 5.41) is 19.4. The van der Waals surface area contributed by atoms with Gasteiger partial charge in [-0.1, -0.05) is 0 Å². The average molecular weight is 634 g/mol. The van der Waals surface area contributed by atoms with Gasteiger partial charge in [0, 0.05) is 0 Å². The molecule has 0 atom stereocenters. The van der Waals surface area contributed by atoms with E-state index < -0.39 is 11.9 Å². The number of benzene rings is 2. The van der Waals surface area contributed by atoms with Gasteiger partial charge in [0.25, 0.3) is 0 Å². The first-order valence-electron chi connectivity index (χ1n) is 11.6. The monoisotopic (exact) mass is 636 g/mol. The zero-order valence-corrected chi connectivity index (χ0v) is 23.2. The van der Waals surface area contributed by atoms with Gasteiger partial charge < -0.3 is 0 Å². The van der Waals surface area contributed by atoms with Crippen molar-refractivity contribution >= 4 is 71.8 Å². The zero-order valence-electron chi connectivity index (χ0n) is 19.7. The van der Waals surface area contributed by atoms with Crippen molar-refractivity contribution in [3.05, 3.63) is 57.4 Å². The topological polar surface area (TPSA) is 127 Å². The molecule has 10 heteroatoms. The van der Waals surface area contributed by atoms with Crippen LogP contribution in [0.15, 0.2) is 48.5 Å². The third-order valence-corrected chi connectivity index (χ3v) is 10.3. The number of carbonyl (C=O) groups is 4. The van der Waals surface area contributed by atoms with Crippen LogP contribution in [0.3, 0.4) is 0 Å². The van der Waals surface area contributed by atoms with Crippen molar-refractivity contribution in [3.8, 4) is 11.5 Å². The van der Waals surface area contributed by atoms with Crippen LogP contribution in [0.5, 0.6) is 11.5 Å². The number of fused-ring (bicyclic) bond motifs is 2. The molecule has 2 aromatic heterocycles. The van der Waals surface area contributed by atoms with Gasteiger partial charge in [-0.05, 0) is 0 Å². The summed E-state index contributed by atoms with van der Waals surface area (Å²) in [6.45, 7) is 0.905. The van der Waals surface area contributed by atoms with Crippen LogP contribution in [0.2, 0.25) is 0 Å².